The Bertz CT molecular complexity index is 80.6. The van der Waals surface area contributed by atoms with Gasteiger partial charge in [-0.3, -0.25) is 4.90 Å². The van der Waals surface area contributed by atoms with Crippen LogP contribution in [0.15, 0.2) is 0 Å². The molecule has 0 spiro atoms. The minimum absolute atomic E-state index is 0.801. The normalized spacial score (nSPS) is 29.3. The van der Waals surface area contributed by atoms with Gasteiger partial charge in [0.2, 0.25) is 0 Å². The summed E-state index contributed by atoms with van der Waals surface area (Å²) in [4.78, 5) is 2.24. The van der Waals surface area contributed by atoms with Crippen molar-refractivity contribution in [3.8, 4) is 0 Å². The highest BCUT2D eigenvalue weighted by Crippen LogP contribution is 2.19. The summed E-state index contributed by atoms with van der Waals surface area (Å²) in [6.45, 7) is 3.46. The SMILES string of the molecule is [CH2]N1CCCC1CCC. The third-order valence-electron chi connectivity index (χ3n) is 2.12. The van der Waals surface area contributed by atoms with E-state index >= 15 is 0 Å². The summed E-state index contributed by atoms with van der Waals surface area (Å²) in [5.74, 6) is 0. The van der Waals surface area contributed by atoms with Crippen molar-refractivity contribution in [2.24, 2.45) is 0 Å². The molecule has 0 saturated carbocycles. The summed E-state index contributed by atoms with van der Waals surface area (Å²) in [6, 6.07) is 0.801. The van der Waals surface area contributed by atoms with Crippen LogP contribution < -0.4 is 0 Å². The molecule has 1 radical (unpaired) electrons. The maximum atomic E-state index is 3.97. The molecule has 1 saturated heterocycles. The molecular formula is C8H16N. The van der Waals surface area contributed by atoms with Gasteiger partial charge < -0.3 is 0 Å². The van der Waals surface area contributed by atoms with Gasteiger partial charge in [-0.2, -0.15) is 0 Å². The molecule has 0 aromatic heterocycles. The number of likely N-dealkylation sites (tertiary alicyclic amines) is 1. The van der Waals surface area contributed by atoms with Gasteiger partial charge in [-0.25, -0.2) is 0 Å². The van der Waals surface area contributed by atoms with Crippen LogP contribution in [0.3, 0.4) is 0 Å². The highest BCUT2D eigenvalue weighted by Gasteiger charge is 2.18. The van der Waals surface area contributed by atoms with Crippen LogP contribution in [0.4, 0.5) is 0 Å². The van der Waals surface area contributed by atoms with E-state index in [4.69, 9.17) is 0 Å². The highest BCUT2D eigenvalue weighted by molar-refractivity contribution is 4.77. The predicted molar refractivity (Wildman–Crippen MR) is 40.0 cm³/mol. The molecular weight excluding hydrogens is 110 g/mol. The first-order chi connectivity index (χ1) is 4.34. The van der Waals surface area contributed by atoms with Crippen LogP contribution in [0.1, 0.15) is 32.6 Å². The maximum absolute atomic E-state index is 3.97. The van der Waals surface area contributed by atoms with E-state index in [2.05, 4.69) is 18.9 Å². The van der Waals surface area contributed by atoms with Gasteiger partial charge in [0.25, 0.3) is 0 Å². The lowest BCUT2D eigenvalue weighted by molar-refractivity contribution is 0.325. The summed E-state index contributed by atoms with van der Waals surface area (Å²) in [5, 5.41) is 0. The molecule has 1 unspecified atom stereocenters. The van der Waals surface area contributed by atoms with E-state index in [1.165, 1.54) is 32.2 Å². The smallest absolute Gasteiger partial charge is 0.0112 e. The van der Waals surface area contributed by atoms with Gasteiger partial charge in [-0.05, 0) is 25.8 Å². The quantitative estimate of drug-likeness (QED) is 0.547. The zero-order valence-corrected chi connectivity index (χ0v) is 6.27. The van der Waals surface area contributed by atoms with Crippen molar-refractivity contribution in [2.45, 2.75) is 38.6 Å². The molecule has 1 atom stereocenters. The van der Waals surface area contributed by atoms with E-state index < -0.39 is 0 Å². The fourth-order valence-corrected chi connectivity index (χ4v) is 1.56. The van der Waals surface area contributed by atoms with E-state index in [1.807, 2.05) is 0 Å². The molecule has 1 rings (SSSR count). The second kappa shape index (κ2) is 3.21. The Morgan fingerprint density at radius 3 is 2.89 bits per heavy atom. The molecule has 0 aromatic carbocycles. The van der Waals surface area contributed by atoms with Crippen LogP contribution in [0.2, 0.25) is 0 Å². The van der Waals surface area contributed by atoms with Crippen LogP contribution in [-0.4, -0.2) is 17.5 Å². The zero-order valence-electron chi connectivity index (χ0n) is 6.27. The standard InChI is InChI=1S/C8H16N/c1-3-5-8-6-4-7-9(8)2/h8H,2-7H2,1H3. The van der Waals surface area contributed by atoms with E-state index in [1.54, 1.807) is 0 Å². The second-order valence-corrected chi connectivity index (χ2v) is 2.90. The average Bonchev–Trinajstić information content (AvgIpc) is 2.18. The van der Waals surface area contributed by atoms with Crippen LogP contribution in [0.25, 0.3) is 0 Å². The Morgan fingerprint density at radius 2 is 2.44 bits per heavy atom. The fraction of sp³-hybridized carbons (Fsp3) is 0.875. The Balaban J connectivity index is 2.22. The summed E-state index contributed by atoms with van der Waals surface area (Å²) in [6.07, 6.45) is 5.37. The molecule has 0 aromatic rings. The molecule has 0 aliphatic carbocycles. The molecule has 53 valence electrons. The molecule has 0 amide bonds. The first-order valence-electron chi connectivity index (χ1n) is 3.91. The van der Waals surface area contributed by atoms with Crippen LogP contribution in [0, 0.1) is 7.05 Å². The molecule has 1 heterocycles. The van der Waals surface area contributed by atoms with Crippen molar-refractivity contribution < 1.29 is 0 Å². The Labute approximate surface area is 58.0 Å². The minimum Gasteiger partial charge on any atom is -0.299 e. The van der Waals surface area contributed by atoms with E-state index in [9.17, 15) is 0 Å². The molecule has 1 nitrogen and oxygen atoms in total. The number of hydrogen-bond acceptors (Lipinski definition) is 1. The second-order valence-electron chi connectivity index (χ2n) is 2.90. The first kappa shape index (κ1) is 7.07. The van der Waals surface area contributed by atoms with Gasteiger partial charge in [0.05, 0.1) is 0 Å². The Morgan fingerprint density at radius 1 is 1.67 bits per heavy atom. The summed E-state index contributed by atoms with van der Waals surface area (Å²) in [5.41, 5.74) is 0. The monoisotopic (exact) mass is 126 g/mol. The molecule has 0 N–H and O–H groups in total. The van der Waals surface area contributed by atoms with Crippen LogP contribution >= 0.6 is 0 Å². The van der Waals surface area contributed by atoms with Gasteiger partial charge in [0.1, 0.15) is 0 Å². The number of hydrogen-bond donors (Lipinski definition) is 0. The largest absolute Gasteiger partial charge is 0.299 e. The third-order valence-corrected chi connectivity index (χ3v) is 2.12. The van der Waals surface area contributed by atoms with Crippen molar-refractivity contribution in [3.05, 3.63) is 7.05 Å². The van der Waals surface area contributed by atoms with Crippen LogP contribution in [-0.2, 0) is 0 Å². The van der Waals surface area contributed by atoms with Crippen LogP contribution in [0.5, 0.6) is 0 Å². The lowest BCUT2D eigenvalue weighted by Gasteiger charge is -2.17. The molecule has 1 aliphatic heterocycles. The van der Waals surface area contributed by atoms with E-state index in [0.717, 1.165) is 6.04 Å². The third kappa shape index (κ3) is 1.68. The summed E-state index contributed by atoms with van der Waals surface area (Å²) in [7, 11) is 3.97. The molecule has 1 heteroatoms. The lowest BCUT2D eigenvalue weighted by Crippen LogP contribution is -2.21. The average molecular weight is 126 g/mol. The minimum atomic E-state index is 0.801. The van der Waals surface area contributed by atoms with Crippen molar-refractivity contribution >= 4 is 0 Å². The highest BCUT2D eigenvalue weighted by atomic mass is 15.1. The maximum Gasteiger partial charge on any atom is 0.0112 e. The van der Waals surface area contributed by atoms with E-state index in [-0.39, 0.29) is 0 Å². The van der Waals surface area contributed by atoms with E-state index in [0.29, 0.717) is 0 Å². The van der Waals surface area contributed by atoms with Gasteiger partial charge in [0, 0.05) is 13.1 Å². The van der Waals surface area contributed by atoms with Crippen molar-refractivity contribution in [1.82, 2.24) is 4.90 Å². The van der Waals surface area contributed by atoms with Gasteiger partial charge in [-0.1, -0.05) is 13.3 Å². The first-order valence-corrected chi connectivity index (χ1v) is 3.91. The molecule has 1 aliphatic rings. The lowest BCUT2D eigenvalue weighted by atomic mass is 10.1. The van der Waals surface area contributed by atoms with Gasteiger partial charge >= 0.3 is 0 Å². The molecule has 0 bridgehead atoms. The van der Waals surface area contributed by atoms with Crippen molar-refractivity contribution in [3.63, 3.8) is 0 Å². The van der Waals surface area contributed by atoms with Gasteiger partial charge in [-0.15, -0.1) is 0 Å². The fourth-order valence-electron chi connectivity index (χ4n) is 1.56. The zero-order chi connectivity index (χ0) is 6.69. The Kier molecular flexibility index (Phi) is 2.52. The van der Waals surface area contributed by atoms with Gasteiger partial charge in [0.15, 0.2) is 0 Å². The topological polar surface area (TPSA) is 3.24 Å². The Hall–Kier alpha value is -0.0400. The molecule has 9 heavy (non-hydrogen) atoms. The predicted octanol–water partition coefficient (Wildman–Crippen LogP) is 2.04. The molecule has 1 fully saturated rings. The number of rotatable bonds is 2. The number of nitrogens with zero attached hydrogens (tertiary/aromatic N) is 1. The van der Waals surface area contributed by atoms with Crippen molar-refractivity contribution in [1.29, 1.82) is 0 Å². The summed E-state index contributed by atoms with van der Waals surface area (Å²) >= 11 is 0. The van der Waals surface area contributed by atoms with Crippen molar-refractivity contribution in [2.75, 3.05) is 6.54 Å². The summed E-state index contributed by atoms with van der Waals surface area (Å²) < 4.78 is 0.